The van der Waals surface area contributed by atoms with E-state index in [0.717, 1.165) is 25.5 Å². The smallest absolute Gasteiger partial charge is 0.410 e. The summed E-state index contributed by atoms with van der Waals surface area (Å²) in [6.45, 7) is 14.3. The fourth-order valence-electron chi connectivity index (χ4n) is 8.03. The van der Waals surface area contributed by atoms with Gasteiger partial charge in [0.2, 0.25) is 5.91 Å². The predicted molar refractivity (Wildman–Crippen MR) is 155 cm³/mol. The molecule has 0 unspecified atom stereocenters. The molecule has 2 atom stereocenters. The van der Waals surface area contributed by atoms with Crippen LogP contribution in [-0.4, -0.2) is 77.1 Å². The Hall–Kier alpha value is -2.22. The van der Waals surface area contributed by atoms with Crippen molar-refractivity contribution >= 4 is 12.0 Å². The number of amides is 2. The van der Waals surface area contributed by atoms with E-state index in [9.17, 15) is 14.0 Å². The summed E-state index contributed by atoms with van der Waals surface area (Å²) >= 11 is 0. The number of nitrogens with zero attached hydrogens (tertiary/aromatic N) is 3. The van der Waals surface area contributed by atoms with Crippen molar-refractivity contribution in [3.63, 3.8) is 0 Å². The predicted octanol–water partition coefficient (Wildman–Crippen LogP) is 6.59. The minimum absolute atomic E-state index is 0.0318. The summed E-state index contributed by atoms with van der Waals surface area (Å²) in [6, 6.07) is 3.78. The summed E-state index contributed by atoms with van der Waals surface area (Å²) < 4.78 is 34.4. The molecule has 1 saturated carbocycles. The Balaban J connectivity index is 1.36. The molecule has 6 nitrogen and oxygen atoms in total. The third-order valence-corrected chi connectivity index (χ3v) is 10.8. The van der Waals surface area contributed by atoms with Crippen molar-refractivity contribution in [2.45, 2.75) is 103 Å². The second kappa shape index (κ2) is 11.5. The quantitative estimate of drug-likeness (QED) is 0.399. The lowest BCUT2D eigenvalue weighted by atomic mass is 9.63. The van der Waals surface area contributed by atoms with Gasteiger partial charge in [-0.1, -0.05) is 25.3 Å². The van der Waals surface area contributed by atoms with Crippen molar-refractivity contribution in [2.75, 3.05) is 39.3 Å². The molecular weight excluding hydrogens is 524 g/mol. The van der Waals surface area contributed by atoms with Crippen molar-refractivity contribution in [3.8, 4) is 0 Å². The number of carbonyl (C=O) groups excluding carboxylic acids is 2. The number of hydrogen-bond acceptors (Lipinski definition) is 4. The molecule has 0 radical (unpaired) electrons. The second-order valence-corrected chi connectivity index (χ2v) is 14.8. The van der Waals surface area contributed by atoms with E-state index < -0.39 is 11.6 Å². The summed E-state index contributed by atoms with van der Waals surface area (Å²) in [4.78, 5) is 33.2. The van der Waals surface area contributed by atoms with Gasteiger partial charge in [-0.05, 0) is 96.2 Å². The van der Waals surface area contributed by atoms with Gasteiger partial charge >= 0.3 is 6.09 Å². The number of carbonyl (C=O) groups is 2. The molecule has 4 aliphatic rings. The molecule has 8 heteroatoms. The molecule has 0 spiro atoms. The van der Waals surface area contributed by atoms with Gasteiger partial charge in [0, 0.05) is 49.6 Å². The number of rotatable bonds is 5. The third-order valence-electron chi connectivity index (χ3n) is 10.8. The number of piperidine rings is 2. The minimum Gasteiger partial charge on any atom is -0.447 e. The van der Waals surface area contributed by atoms with Gasteiger partial charge in [-0.3, -0.25) is 14.6 Å². The number of cyclic esters (lactones) is 1. The van der Waals surface area contributed by atoms with Gasteiger partial charge in [-0.15, -0.1) is 0 Å². The zero-order valence-corrected chi connectivity index (χ0v) is 25.7. The monoisotopic (exact) mass is 573 g/mol. The van der Waals surface area contributed by atoms with Gasteiger partial charge in [-0.25, -0.2) is 13.6 Å². The van der Waals surface area contributed by atoms with E-state index in [0.29, 0.717) is 50.7 Å². The molecular formula is C33H49F2N3O3. The Morgan fingerprint density at radius 3 is 2.29 bits per heavy atom. The first kappa shape index (κ1) is 30.2. The zero-order chi connectivity index (χ0) is 29.6. The molecule has 0 bridgehead atoms. The van der Waals surface area contributed by atoms with Crippen LogP contribution in [0.1, 0.15) is 97.5 Å². The zero-order valence-electron chi connectivity index (χ0n) is 25.7. The lowest BCUT2D eigenvalue weighted by molar-refractivity contribution is -0.142. The molecule has 1 aliphatic carbocycles. The van der Waals surface area contributed by atoms with Crippen LogP contribution >= 0.6 is 0 Å². The summed E-state index contributed by atoms with van der Waals surface area (Å²) in [5.74, 6) is -1.22. The van der Waals surface area contributed by atoms with Crippen LogP contribution < -0.4 is 0 Å². The number of halogens is 2. The number of likely N-dealkylation sites (tertiary alicyclic amines) is 2. The fourth-order valence-corrected chi connectivity index (χ4v) is 8.03. The number of benzene rings is 1. The molecule has 4 fully saturated rings. The molecule has 0 aromatic heterocycles. The van der Waals surface area contributed by atoms with Gasteiger partial charge in [-0.2, -0.15) is 0 Å². The first-order valence-electron chi connectivity index (χ1n) is 15.7. The molecule has 41 heavy (non-hydrogen) atoms. The van der Waals surface area contributed by atoms with Gasteiger partial charge in [0.05, 0.1) is 5.54 Å². The summed E-state index contributed by atoms with van der Waals surface area (Å²) in [6.07, 6.45) is 8.21. The highest BCUT2D eigenvalue weighted by Gasteiger charge is 2.50. The molecule has 3 saturated heterocycles. The Morgan fingerprint density at radius 2 is 1.71 bits per heavy atom. The highest BCUT2D eigenvalue weighted by molar-refractivity contribution is 5.80. The molecule has 3 heterocycles. The average molecular weight is 574 g/mol. The highest BCUT2D eigenvalue weighted by atomic mass is 19.1. The molecule has 228 valence electrons. The lowest BCUT2D eigenvalue weighted by Gasteiger charge is -2.51. The van der Waals surface area contributed by atoms with Crippen LogP contribution in [0.4, 0.5) is 13.6 Å². The molecule has 2 amide bonds. The minimum atomic E-state index is -0.599. The van der Waals surface area contributed by atoms with Crippen LogP contribution in [0.2, 0.25) is 0 Å². The van der Waals surface area contributed by atoms with Gasteiger partial charge in [0.25, 0.3) is 0 Å². The largest absolute Gasteiger partial charge is 0.447 e. The van der Waals surface area contributed by atoms with Crippen molar-refractivity contribution in [3.05, 3.63) is 35.4 Å². The Bertz CT molecular complexity index is 1120. The van der Waals surface area contributed by atoms with Crippen LogP contribution in [0.25, 0.3) is 0 Å². The third kappa shape index (κ3) is 6.14. The van der Waals surface area contributed by atoms with E-state index in [1.807, 2.05) is 9.80 Å². The highest BCUT2D eigenvalue weighted by Crippen LogP contribution is 2.48. The van der Waals surface area contributed by atoms with Crippen molar-refractivity contribution in [2.24, 2.45) is 17.3 Å². The maximum absolute atomic E-state index is 15.1. The van der Waals surface area contributed by atoms with Crippen LogP contribution in [0.3, 0.4) is 0 Å². The second-order valence-electron chi connectivity index (χ2n) is 14.8. The SMILES string of the molecule is CC(C)(C)N1CC[C@@H](C(=O)N2CCC(CN3C(=O)OCC3(C)C)(C3CCCCC3)CC2)[C@H](c2ccc(F)cc2F)C1. The van der Waals surface area contributed by atoms with E-state index >= 15 is 4.39 Å². The summed E-state index contributed by atoms with van der Waals surface area (Å²) in [5.41, 5.74) is -0.0467. The topological polar surface area (TPSA) is 53.1 Å². The number of hydrogen-bond donors (Lipinski definition) is 0. The Labute approximate surface area is 244 Å². The van der Waals surface area contributed by atoms with E-state index in [4.69, 9.17) is 4.74 Å². The molecule has 1 aromatic carbocycles. The molecule has 3 aliphatic heterocycles. The van der Waals surface area contributed by atoms with Crippen molar-refractivity contribution in [1.29, 1.82) is 0 Å². The lowest BCUT2D eigenvalue weighted by Crippen LogP contribution is -2.57. The van der Waals surface area contributed by atoms with Gasteiger partial charge in [0.15, 0.2) is 0 Å². The normalized spacial score (nSPS) is 27.6. The average Bonchev–Trinajstić information content (AvgIpc) is 3.19. The Morgan fingerprint density at radius 1 is 1.02 bits per heavy atom. The van der Waals surface area contributed by atoms with E-state index in [1.165, 1.54) is 44.2 Å². The van der Waals surface area contributed by atoms with E-state index in [2.05, 4.69) is 39.5 Å². The molecule has 1 aromatic rings. The van der Waals surface area contributed by atoms with E-state index in [-0.39, 0.29) is 40.3 Å². The van der Waals surface area contributed by atoms with Crippen molar-refractivity contribution in [1.82, 2.24) is 14.7 Å². The maximum atomic E-state index is 15.1. The standard InChI is InChI=1S/C33H49F2N3O3/c1-31(2,3)37-16-13-26(27(20-37)25-12-11-24(34)19-28(25)35)29(39)36-17-14-33(15-18-36,23-9-7-6-8-10-23)21-38-30(40)41-22-32(38,4)5/h11-12,19,23,26-27H,6-10,13-18,20-22H2,1-5H3/t26-,27+/m1/s1. The van der Waals surface area contributed by atoms with Crippen LogP contribution in [0, 0.1) is 28.9 Å². The Kier molecular flexibility index (Phi) is 8.45. The van der Waals surface area contributed by atoms with Gasteiger partial charge < -0.3 is 9.64 Å². The van der Waals surface area contributed by atoms with Crippen LogP contribution in [0.15, 0.2) is 18.2 Å². The van der Waals surface area contributed by atoms with Crippen LogP contribution in [-0.2, 0) is 9.53 Å². The number of ether oxygens (including phenoxy) is 1. The van der Waals surface area contributed by atoms with E-state index in [1.54, 1.807) is 0 Å². The van der Waals surface area contributed by atoms with Crippen molar-refractivity contribution < 1.29 is 23.1 Å². The van der Waals surface area contributed by atoms with Gasteiger partial charge in [0.1, 0.15) is 18.2 Å². The molecule has 5 rings (SSSR count). The fraction of sp³-hybridized carbons (Fsp3) is 0.758. The first-order chi connectivity index (χ1) is 19.3. The first-order valence-corrected chi connectivity index (χ1v) is 15.7. The maximum Gasteiger partial charge on any atom is 0.410 e. The van der Waals surface area contributed by atoms with Crippen LogP contribution in [0.5, 0.6) is 0 Å². The molecule has 0 N–H and O–H groups in total. The summed E-state index contributed by atoms with van der Waals surface area (Å²) in [5, 5.41) is 0. The summed E-state index contributed by atoms with van der Waals surface area (Å²) in [7, 11) is 0.